The molecule has 0 atom stereocenters. The van der Waals surface area contributed by atoms with E-state index in [0.717, 1.165) is 22.7 Å². The van der Waals surface area contributed by atoms with Crippen molar-refractivity contribution in [2.45, 2.75) is 6.42 Å². The third-order valence-corrected chi connectivity index (χ3v) is 3.14. The predicted octanol–water partition coefficient (Wildman–Crippen LogP) is 3.31. The second-order valence-electron chi connectivity index (χ2n) is 3.56. The van der Waals surface area contributed by atoms with Crippen molar-refractivity contribution in [1.29, 1.82) is 0 Å². The van der Waals surface area contributed by atoms with E-state index < -0.39 is 0 Å². The summed E-state index contributed by atoms with van der Waals surface area (Å²) in [7, 11) is 0. The van der Waals surface area contributed by atoms with Crippen LogP contribution in [0, 0.1) is 5.82 Å². The molecule has 0 aliphatic rings. The molecular formula is C13H13FN2S. The highest BCUT2D eigenvalue weighted by Crippen LogP contribution is 2.24. The van der Waals surface area contributed by atoms with Gasteiger partial charge in [0.2, 0.25) is 0 Å². The minimum atomic E-state index is -0.228. The van der Waals surface area contributed by atoms with Crippen molar-refractivity contribution >= 4 is 17.4 Å². The van der Waals surface area contributed by atoms with Gasteiger partial charge >= 0.3 is 0 Å². The van der Waals surface area contributed by atoms with Crippen LogP contribution in [0.1, 0.15) is 12.1 Å². The molecule has 0 saturated carbocycles. The van der Waals surface area contributed by atoms with Gasteiger partial charge in [-0.25, -0.2) is 9.37 Å². The lowest BCUT2D eigenvalue weighted by molar-refractivity contribution is 0.628. The molecule has 88 valence electrons. The van der Waals surface area contributed by atoms with E-state index in [1.165, 1.54) is 12.1 Å². The monoisotopic (exact) mass is 248 g/mol. The third-order valence-electron chi connectivity index (χ3n) is 2.24. The fourth-order valence-corrected chi connectivity index (χ4v) is 2.18. The first kappa shape index (κ1) is 12.0. The largest absolute Gasteiger partial charge is 0.330 e. The van der Waals surface area contributed by atoms with Crippen molar-refractivity contribution in [1.82, 2.24) is 4.98 Å². The Hall–Kier alpha value is -1.52. The molecule has 2 aromatic rings. The van der Waals surface area contributed by atoms with Gasteiger partial charge in [0.25, 0.3) is 0 Å². The second-order valence-corrected chi connectivity index (χ2v) is 4.42. The number of aromatic nitrogens is 1. The number of benzene rings is 1. The van der Waals surface area contributed by atoms with Gasteiger partial charge in [-0.15, -0.1) is 11.3 Å². The van der Waals surface area contributed by atoms with Crippen LogP contribution in [0.3, 0.4) is 0 Å². The van der Waals surface area contributed by atoms with Gasteiger partial charge in [0.1, 0.15) is 10.8 Å². The highest BCUT2D eigenvalue weighted by molar-refractivity contribution is 7.13. The number of hydrogen-bond donors (Lipinski definition) is 1. The van der Waals surface area contributed by atoms with E-state index in [1.807, 2.05) is 17.5 Å². The molecule has 0 radical (unpaired) electrons. The summed E-state index contributed by atoms with van der Waals surface area (Å²) in [6.45, 7) is 0.644. The van der Waals surface area contributed by atoms with Gasteiger partial charge in [-0.05, 0) is 43.3 Å². The van der Waals surface area contributed by atoms with Crippen molar-refractivity contribution in [3.05, 3.63) is 47.2 Å². The summed E-state index contributed by atoms with van der Waals surface area (Å²) in [6, 6.07) is 6.37. The standard InChI is InChI=1S/C13H13FN2S/c14-11-6-4-10(5-7-11)13-16-12(9-17-13)3-1-2-8-15/h1,3-7,9H,2,8,15H2/b3-1+. The van der Waals surface area contributed by atoms with Gasteiger partial charge < -0.3 is 5.73 Å². The summed E-state index contributed by atoms with van der Waals surface area (Å²) in [5.41, 5.74) is 7.26. The molecule has 0 aliphatic carbocycles. The molecule has 1 aromatic heterocycles. The lowest BCUT2D eigenvalue weighted by Gasteiger charge is -1.94. The van der Waals surface area contributed by atoms with Gasteiger partial charge in [-0.3, -0.25) is 0 Å². The Labute approximate surface area is 104 Å². The molecule has 1 aromatic carbocycles. The smallest absolute Gasteiger partial charge is 0.124 e. The Balaban J connectivity index is 2.15. The van der Waals surface area contributed by atoms with Crippen molar-refractivity contribution in [3.63, 3.8) is 0 Å². The SMILES string of the molecule is NCC/C=C/c1csc(-c2ccc(F)cc2)n1. The van der Waals surface area contributed by atoms with Crippen LogP contribution in [-0.4, -0.2) is 11.5 Å². The van der Waals surface area contributed by atoms with Gasteiger partial charge in [0.05, 0.1) is 5.69 Å². The van der Waals surface area contributed by atoms with E-state index >= 15 is 0 Å². The molecular weight excluding hydrogens is 235 g/mol. The molecule has 0 aliphatic heterocycles. The number of rotatable bonds is 4. The number of nitrogens with two attached hydrogens (primary N) is 1. The Morgan fingerprint density at radius 2 is 2.06 bits per heavy atom. The van der Waals surface area contributed by atoms with Crippen molar-refractivity contribution in [3.8, 4) is 10.6 Å². The van der Waals surface area contributed by atoms with Crippen LogP contribution in [0.4, 0.5) is 4.39 Å². The Kier molecular flexibility index (Phi) is 4.01. The summed E-state index contributed by atoms with van der Waals surface area (Å²) in [6.07, 6.45) is 4.81. The van der Waals surface area contributed by atoms with Gasteiger partial charge in [0, 0.05) is 10.9 Å². The zero-order chi connectivity index (χ0) is 12.1. The average molecular weight is 248 g/mol. The maximum atomic E-state index is 12.8. The topological polar surface area (TPSA) is 38.9 Å². The quantitative estimate of drug-likeness (QED) is 0.901. The number of nitrogens with zero attached hydrogens (tertiary/aromatic N) is 1. The lowest BCUT2D eigenvalue weighted by atomic mass is 10.2. The molecule has 0 spiro atoms. The molecule has 0 fully saturated rings. The number of hydrogen-bond acceptors (Lipinski definition) is 3. The molecule has 0 saturated heterocycles. The van der Waals surface area contributed by atoms with Gasteiger partial charge in [-0.1, -0.05) is 6.08 Å². The summed E-state index contributed by atoms with van der Waals surface area (Å²) in [4.78, 5) is 4.45. The minimum Gasteiger partial charge on any atom is -0.330 e. The van der Waals surface area contributed by atoms with E-state index in [4.69, 9.17) is 5.73 Å². The van der Waals surface area contributed by atoms with E-state index in [2.05, 4.69) is 4.98 Å². The minimum absolute atomic E-state index is 0.228. The molecule has 0 unspecified atom stereocenters. The van der Waals surface area contributed by atoms with Crippen LogP contribution in [0.5, 0.6) is 0 Å². The number of thiazole rings is 1. The molecule has 2 nitrogen and oxygen atoms in total. The Morgan fingerprint density at radius 1 is 1.29 bits per heavy atom. The van der Waals surface area contributed by atoms with Crippen molar-refractivity contribution in [2.75, 3.05) is 6.54 Å². The number of halogens is 1. The summed E-state index contributed by atoms with van der Waals surface area (Å²) in [5, 5.41) is 2.88. The maximum absolute atomic E-state index is 12.8. The van der Waals surface area contributed by atoms with Crippen LogP contribution in [0.15, 0.2) is 35.7 Å². The summed E-state index contributed by atoms with van der Waals surface area (Å²) >= 11 is 1.55. The van der Waals surface area contributed by atoms with Crippen molar-refractivity contribution in [2.24, 2.45) is 5.73 Å². The highest BCUT2D eigenvalue weighted by Gasteiger charge is 2.02. The molecule has 1 heterocycles. The zero-order valence-corrected chi connectivity index (χ0v) is 10.1. The molecule has 0 bridgehead atoms. The van der Waals surface area contributed by atoms with E-state index in [1.54, 1.807) is 23.5 Å². The van der Waals surface area contributed by atoms with Crippen molar-refractivity contribution < 1.29 is 4.39 Å². The van der Waals surface area contributed by atoms with Crippen LogP contribution >= 0.6 is 11.3 Å². The normalized spacial score (nSPS) is 11.2. The lowest BCUT2D eigenvalue weighted by Crippen LogP contribution is -1.94. The third kappa shape index (κ3) is 3.22. The first-order valence-electron chi connectivity index (χ1n) is 5.37. The second kappa shape index (κ2) is 5.70. The Bertz CT molecular complexity index is 502. The van der Waals surface area contributed by atoms with E-state index in [-0.39, 0.29) is 5.82 Å². The summed E-state index contributed by atoms with van der Waals surface area (Å²) < 4.78 is 12.8. The van der Waals surface area contributed by atoms with Crippen LogP contribution in [0.25, 0.3) is 16.6 Å². The molecule has 2 N–H and O–H groups in total. The molecule has 2 rings (SSSR count). The summed E-state index contributed by atoms with van der Waals surface area (Å²) in [5.74, 6) is -0.228. The van der Waals surface area contributed by atoms with Crippen LogP contribution in [0.2, 0.25) is 0 Å². The highest BCUT2D eigenvalue weighted by atomic mass is 32.1. The molecule has 0 amide bonds. The Morgan fingerprint density at radius 3 is 2.76 bits per heavy atom. The first-order valence-corrected chi connectivity index (χ1v) is 6.25. The van der Waals surface area contributed by atoms with E-state index in [0.29, 0.717) is 6.54 Å². The molecule has 4 heteroatoms. The average Bonchev–Trinajstić information content (AvgIpc) is 2.79. The maximum Gasteiger partial charge on any atom is 0.124 e. The van der Waals surface area contributed by atoms with Gasteiger partial charge in [0.15, 0.2) is 0 Å². The fourth-order valence-electron chi connectivity index (χ4n) is 1.39. The van der Waals surface area contributed by atoms with Crippen LogP contribution < -0.4 is 5.73 Å². The van der Waals surface area contributed by atoms with E-state index in [9.17, 15) is 4.39 Å². The zero-order valence-electron chi connectivity index (χ0n) is 9.27. The van der Waals surface area contributed by atoms with Gasteiger partial charge in [-0.2, -0.15) is 0 Å². The fraction of sp³-hybridized carbons (Fsp3) is 0.154. The molecule has 17 heavy (non-hydrogen) atoms. The first-order chi connectivity index (χ1) is 8.29. The van der Waals surface area contributed by atoms with Crippen LogP contribution in [-0.2, 0) is 0 Å². The predicted molar refractivity (Wildman–Crippen MR) is 70.2 cm³/mol.